The summed E-state index contributed by atoms with van der Waals surface area (Å²) in [7, 11) is 6.36. The molecule has 3 heteroatoms. The van der Waals surface area contributed by atoms with E-state index in [1.165, 1.54) is 0 Å². The number of hydrogen-bond acceptors (Lipinski definition) is 3. The van der Waals surface area contributed by atoms with Crippen LogP contribution in [0.2, 0.25) is 0 Å². The van der Waals surface area contributed by atoms with Crippen LogP contribution in [-0.2, 0) is 0 Å². The highest BCUT2D eigenvalue weighted by Crippen LogP contribution is 2.21. The summed E-state index contributed by atoms with van der Waals surface area (Å²) in [5.41, 5.74) is 5.98. The van der Waals surface area contributed by atoms with Crippen LogP contribution in [0.1, 0.15) is 20.8 Å². The molecule has 0 radical (unpaired) electrons. The van der Waals surface area contributed by atoms with E-state index in [4.69, 9.17) is 5.73 Å². The Bertz CT molecular complexity index is 157. The smallest absolute Gasteiger partial charge is 0.0323 e. The van der Waals surface area contributed by atoms with E-state index >= 15 is 0 Å². The Morgan fingerprint density at radius 2 is 1.64 bits per heavy atom. The van der Waals surface area contributed by atoms with Gasteiger partial charge in [-0.2, -0.15) is 0 Å². The highest BCUT2D eigenvalue weighted by atomic mass is 15.2. The Hall–Kier alpha value is -0.120. The number of nitrogens with zero attached hydrogens (tertiary/aromatic N) is 2. The third kappa shape index (κ3) is 3.56. The number of hydrogen-bond donors (Lipinski definition) is 1. The highest BCUT2D eigenvalue weighted by Gasteiger charge is 2.30. The predicted octanol–water partition coefficient (Wildman–Crippen LogP) is 0.853. The molecule has 0 aliphatic carbocycles. The number of nitrogens with two attached hydrogens (primary N) is 1. The van der Waals surface area contributed by atoms with Crippen LogP contribution in [-0.4, -0.2) is 56.1 Å². The van der Waals surface area contributed by atoms with E-state index in [0.717, 1.165) is 13.1 Å². The van der Waals surface area contributed by atoms with Crippen LogP contribution in [0, 0.1) is 5.92 Å². The second kappa shape index (κ2) is 5.69. The lowest BCUT2D eigenvalue weighted by Gasteiger charge is -2.42. The molecule has 3 nitrogen and oxygen atoms in total. The lowest BCUT2D eigenvalue weighted by molar-refractivity contribution is 0.0879. The minimum absolute atomic E-state index is 0.121. The number of rotatable bonds is 6. The molecule has 1 unspecified atom stereocenters. The fourth-order valence-corrected chi connectivity index (χ4v) is 1.44. The van der Waals surface area contributed by atoms with Gasteiger partial charge < -0.3 is 10.6 Å². The average Bonchev–Trinajstić information content (AvgIpc) is 2.12. The lowest BCUT2D eigenvalue weighted by atomic mass is 9.87. The van der Waals surface area contributed by atoms with Gasteiger partial charge in [-0.15, -0.1) is 0 Å². The van der Waals surface area contributed by atoms with Gasteiger partial charge in [0, 0.05) is 25.2 Å². The molecule has 0 aliphatic rings. The van der Waals surface area contributed by atoms with Crippen LogP contribution in [0.4, 0.5) is 0 Å². The van der Waals surface area contributed by atoms with E-state index in [1.807, 2.05) is 0 Å². The average molecular weight is 201 g/mol. The van der Waals surface area contributed by atoms with Gasteiger partial charge in [0.1, 0.15) is 0 Å². The van der Waals surface area contributed by atoms with Gasteiger partial charge in [-0.3, -0.25) is 4.90 Å². The molecule has 1 atom stereocenters. The maximum absolute atomic E-state index is 5.86. The van der Waals surface area contributed by atoms with Gasteiger partial charge in [0.05, 0.1) is 0 Å². The first-order chi connectivity index (χ1) is 6.34. The Morgan fingerprint density at radius 1 is 1.14 bits per heavy atom. The molecule has 2 N–H and O–H groups in total. The molecule has 14 heavy (non-hydrogen) atoms. The van der Waals surface area contributed by atoms with E-state index in [2.05, 4.69) is 51.7 Å². The van der Waals surface area contributed by atoms with Crippen LogP contribution in [0.5, 0.6) is 0 Å². The van der Waals surface area contributed by atoms with Gasteiger partial charge in [0.25, 0.3) is 0 Å². The zero-order valence-electron chi connectivity index (χ0n) is 10.7. The zero-order valence-corrected chi connectivity index (χ0v) is 10.7. The maximum atomic E-state index is 5.86. The third-order valence-electron chi connectivity index (χ3n) is 3.41. The molecule has 0 aliphatic heterocycles. The van der Waals surface area contributed by atoms with Gasteiger partial charge in [-0.25, -0.2) is 0 Å². The van der Waals surface area contributed by atoms with Crippen molar-refractivity contribution in [3.8, 4) is 0 Å². The zero-order chi connectivity index (χ0) is 11.4. The first kappa shape index (κ1) is 13.9. The fraction of sp³-hybridized carbons (Fsp3) is 1.00. The van der Waals surface area contributed by atoms with Crippen molar-refractivity contribution in [2.75, 3.05) is 40.8 Å². The van der Waals surface area contributed by atoms with E-state index in [-0.39, 0.29) is 5.54 Å². The summed E-state index contributed by atoms with van der Waals surface area (Å²) in [5.74, 6) is 0.583. The first-order valence-electron chi connectivity index (χ1n) is 5.40. The van der Waals surface area contributed by atoms with Crippen molar-refractivity contribution in [2.24, 2.45) is 11.7 Å². The van der Waals surface area contributed by atoms with Crippen molar-refractivity contribution >= 4 is 0 Å². The molecule has 0 heterocycles. The highest BCUT2D eigenvalue weighted by molar-refractivity contribution is 4.88. The third-order valence-corrected chi connectivity index (χ3v) is 3.41. The minimum Gasteiger partial charge on any atom is -0.329 e. The lowest BCUT2D eigenvalue weighted by Crippen LogP contribution is -2.54. The quantitative estimate of drug-likeness (QED) is 0.691. The van der Waals surface area contributed by atoms with Gasteiger partial charge in [0.15, 0.2) is 0 Å². The van der Waals surface area contributed by atoms with Crippen LogP contribution < -0.4 is 5.73 Å². The van der Waals surface area contributed by atoms with Gasteiger partial charge in [0.2, 0.25) is 0 Å². The van der Waals surface area contributed by atoms with Crippen LogP contribution in [0.3, 0.4) is 0 Å². The van der Waals surface area contributed by atoms with Gasteiger partial charge in [-0.1, -0.05) is 13.8 Å². The van der Waals surface area contributed by atoms with E-state index < -0.39 is 0 Å². The van der Waals surface area contributed by atoms with E-state index in [9.17, 15) is 0 Å². The largest absolute Gasteiger partial charge is 0.329 e. The monoisotopic (exact) mass is 201 g/mol. The van der Waals surface area contributed by atoms with Crippen LogP contribution in [0.25, 0.3) is 0 Å². The molecular weight excluding hydrogens is 174 g/mol. The Morgan fingerprint density at radius 3 is 1.93 bits per heavy atom. The van der Waals surface area contributed by atoms with Gasteiger partial charge >= 0.3 is 0 Å². The molecule has 0 rings (SSSR count). The summed E-state index contributed by atoms with van der Waals surface area (Å²) in [4.78, 5) is 4.57. The van der Waals surface area contributed by atoms with Crippen molar-refractivity contribution in [3.05, 3.63) is 0 Å². The molecule has 0 saturated carbocycles. The molecule has 0 aromatic rings. The number of likely N-dealkylation sites (N-methyl/N-ethyl adjacent to an activating group) is 2. The first-order valence-corrected chi connectivity index (χ1v) is 5.40. The second-order valence-corrected chi connectivity index (χ2v) is 4.94. The minimum atomic E-state index is 0.121. The van der Waals surface area contributed by atoms with Crippen molar-refractivity contribution in [2.45, 2.75) is 26.3 Å². The molecule has 0 aromatic carbocycles. The summed E-state index contributed by atoms with van der Waals surface area (Å²) in [6, 6.07) is 0. The molecule has 0 fully saturated rings. The standard InChI is InChI=1S/C11H27N3/c1-10(2)11(3,9-12)14(6)8-7-13(4)5/h10H,7-9,12H2,1-6H3. The van der Waals surface area contributed by atoms with E-state index in [1.54, 1.807) is 0 Å². The summed E-state index contributed by atoms with van der Waals surface area (Å²) < 4.78 is 0. The summed E-state index contributed by atoms with van der Waals surface area (Å²) in [6.07, 6.45) is 0. The molecule has 0 aromatic heterocycles. The summed E-state index contributed by atoms with van der Waals surface area (Å²) >= 11 is 0. The SMILES string of the molecule is CC(C)C(C)(CN)N(C)CCN(C)C. The Kier molecular flexibility index (Phi) is 5.64. The fourth-order valence-electron chi connectivity index (χ4n) is 1.44. The second-order valence-electron chi connectivity index (χ2n) is 4.94. The topological polar surface area (TPSA) is 32.5 Å². The van der Waals surface area contributed by atoms with Crippen LogP contribution in [0.15, 0.2) is 0 Å². The molecule has 0 saturated heterocycles. The molecule has 86 valence electrons. The van der Waals surface area contributed by atoms with Crippen molar-refractivity contribution in [1.29, 1.82) is 0 Å². The molecule has 0 amide bonds. The van der Waals surface area contributed by atoms with Crippen LogP contribution >= 0.6 is 0 Å². The molecule has 0 spiro atoms. The Labute approximate surface area is 89.2 Å². The predicted molar refractivity (Wildman–Crippen MR) is 63.5 cm³/mol. The van der Waals surface area contributed by atoms with Crippen molar-refractivity contribution < 1.29 is 0 Å². The van der Waals surface area contributed by atoms with Gasteiger partial charge in [-0.05, 0) is 34.0 Å². The maximum Gasteiger partial charge on any atom is 0.0323 e. The molecule has 0 bridgehead atoms. The van der Waals surface area contributed by atoms with Crippen molar-refractivity contribution in [1.82, 2.24) is 9.80 Å². The van der Waals surface area contributed by atoms with E-state index in [0.29, 0.717) is 12.5 Å². The molecular formula is C11H27N3. The summed E-state index contributed by atoms with van der Waals surface area (Å²) in [6.45, 7) is 9.58. The normalized spacial score (nSPS) is 16.7. The Balaban J connectivity index is 4.24. The summed E-state index contributed by atoms with van der Waals surface area (Å²) in [5, 5.41) is 0. The van der Waals surface area contributed by atoms with Crippen molar-refractivity contribution in [3.63, 3.8) is 0 Å².